The van der Waals surface area contributed by atoms with Crippen LogP contribution in [0.25, 0.3) is 0 Å². The lowest BCUT2D eigenvalue weighted by Gasteiger charge is -2.08. The summed E-state index contributed by atoms with van der Waals surface area (Å²) >= 11 is 0. The van der Waals surface area contributed by atoms with Crippen molar-refractivity contribution in [1.29, 1.82) is 0 Å². The predicted octanol–water partition coefficient (Wildman–Crippen LogP) is 0.890. The quantitative estimate of drug-likeness (QED) is 0.808. The fourth-order valence-electron chi connectivity index (χ4n) is 1.48. The number of nitrogen functional groups attached to an aromatic ring is 1. The Morgan fingerprint density at radius 3 is 2.63 bits per heavy atom. The summed E-state index contributed by atoms with van der Waals surface area (Å²) in [6.45, 7) is 0.217. The van der Waals surface area contributed by atoms with Crippen molar-refractivity contribution in [2.75, 3.05) is 5.73 Å². The second kappa shape index (κ2) is 5.25. The number of hydrogen-bond donors (Lipinski definition) is 2. The first-order chi connectivity index (χ1) is 8.95. The van der Waals surface area contributed by atoms with Gasteiger partial charge in [-0.15, -0.1) is 0 Å². The zero-order chi connectivity index (χ0) is 13.9. The molecular weight excluding hydrogens is 266 g/mol. The first-order valence-corrected chi connectivity index (χ1v) is 6.96. The summed E-state index contributed by atoms with van der Waals surface area (Å²) in [5.41, 5.74) is 6.60. The van der Waals surface area contributed by atoms with Gasteiger partial charge in [-0.05, 0) is 18.2 Å². The Kier molecular flexibility index (Phi) is 3.68. The number of benzene rings is 1. The van der Waals surface area contributed by atoms with Crippen molar-refractivity contribution in [3.8, 4) is 5.75 Å². The van der Waals surface area contributed by atoms with Gasteiger partial charge in [0.2, 0.25) is 10.0 Å². The molecule has 19 heavy (non-hydrogen) atoms. The highest BCUT2D eigenvalue weighted by Gasteiger charge is 2.10. The Balaban J connectivity index is 2.19. The van der Waals surface area contributed by atoms with Crippen LogP contribution in [0.5, 0.6) is 5.75 Å². The van der Waals surface area contributed by atoms with Crippen LogP contribution in [0.15, 0.2) is 47.5 Å². The normalized spacial score (nSPS) is 11.2. The van der Waals surface area contributed by atoms with E-state index in [0.717, 1.165) is 5.69 Å². The number of nitrogens with zero attached hydrogens (tertiary/aromatic N) is 1. The van der Waals surface area contributed by atoms with Crippen LogP contribution in [0.4, 0.5) is 5.69 Å². The van der Waals surface area contributed by atoms with E-state index < -0.39 is 10.0 Å². The minimum Gasteiger partial charge on any atom is -0.487 e. The van der Waals surface area contributed by atoms with Crippen molar-refractivity contribution in [3.63, 3.8) is 0 Å². The predicted molar refractivity (Wildman–Crippen MR) is 70.8 cm³/mol. The van der Waals surface area contributed by atoms with Crippen LogP contribution >= 0.6 is 0 Å². The number of pyridine rings is 1. The Bertz CT molecular complexity index is 672. The second-order valence-corrected chi connectivity index (χ2v) is 5.45. The Morgan fingerprint density at radius 2 is 2.00 bits per heavy atom. The molecule has 0 spiro atoms. The fraction of sp³-hybridized carbons (Fsp3) is 0.0833. The van der Waals surface area contributed by atoms with E-state index in [1.807, 2.05) is 6.07 Å². The van der Waals surface area contributed by atoms with Crippen molar-refractivity contribution in [1.82, 2.24) is 4.98 Å². The van der Waals surface area contributed by atoms with Crippen molar-refractivity contribution in [3.05, 3.63) is 48.3 Å². The van der Waals surface area contributed by atoms with Gasteiger partial charge in [-0.1, -0.05) is 6.07 Å². The van der Waals surface area contributed by atoms with Gasteiger partial charge in [0.25, 0.3) is 0 Å². The van der Waals surface area contributed by atoms with Crippen LogP contribution in [0, 0.1) is 0 Å². The third-order valence-electron chi connectivity index (χ3n) is 2.34. The van der Waals surface area contributed by atoms with E-state index in [1.165, 1.54) is 18.2 Å². The third-order valence-corrected chi connectivity index (χ3v) is 3.24. The molecule has 0 bridgehead atoms. The molecule has 0 aliphatic rings. The van der Waals surface area contributed by atoms with Gasteiger partial charge >= 0.3 is 0 Å². The topological polar surface area (TPSA) is 108 Å². The summed E-state index contributed by atoms with van der Waals surface area (Å²) in [7, 11) is -3.81. The zero-order valence-electron chi connectivity index (χ0n) is 9.98. The van der Waals surface area contributed by atoms with Crippen LogP contribution in [-0.2, 0) is 16.6 Å². The molecule has 1 aromatic heterocycles. The minimum atomic E-state index is -3.81. The molecule has 0 saturated heterocycles. The molecule has 2 aromatic rings. The van der Waals surface area contributed by atoms with E-state index in [2.05, 4.69) is 4.98 Å². The summed E-state index contributed by atoms with van der Waals surface area (Å²) in [6.07, 6.45) is 1.65. The van der Waals surface area contributed by atoms with Crippen LogP contribution in [0.2, 0.25) is 0 Å². The number of ether oxygens (including phenoxy) is 1. The molecule has 0 saturated carbocycles. The van der Waals surface area contributed by atoms with Crippen molar-refractivity contribution >= 4 is 15.7 Å². The average molecular weight is 279 g/mol. The number of sulfonamides is 1. The molecule has 7 heteroatoms. The zero-order valence-corrected chi connectivity index (χ0v) is 10.8. The number of aromatic nitrogens is 1. The minimum absolute atomic E-state index is 0.0801. The lowest BCUT2D eigenvalue weighted by molar-refractivity contribution is 0.300. The molecule has 4 N–H and O–H groups in total. The molecule has 100 valence electrons. The van der Waals surface area contributed by atoms with Gasteiger partial charge in [0.1, 0.15) is 12.4 Å². The van der Waals surface area contributed by atoms with Crippen LogP contribution in [-0.4, -0.2) is 13.4 Å². The van der Waals surface area contributed by atoms with Crippen LogP contribution < -0.4 is 15.6 Å². The second-order valence-electron chi connectivity index (χ2n) is 3.89. The van der Waals surface area contributed by atoms with Crippen molar-refractivity contribution < 1.29 is 13.2 Å². The van der Waals surface area contributed by atoms with Gasteiger partial charge in [0.15, 0.2) is 0 Å². The first-order valence-electron chi connectivity index (χ1n) is 5.41. The number of primary sulfonamides is 1. The van der Waals surface area contributed by atoms with E-state index in [-0.39, 0.29) is 17.2 Å². The Hall–Kier alpha value is -2.12. The van der Waals surface area contributed by atoms with E-state index in [1.54, 1.807) is 18.3 Å². The van der Waals surface area contributed by atoms with Crippen molar-refractivity contribution in [2.24, 2.45) is 5.14 Å². The molecule has 0 aliphatic heterocycles. The van der Waals surface area contributed by atoms with Gasteiger partial charge in [0.05, 0.1) is 10.6 Å². The largest absolute Gasteiger partial charge is 0.487 e. The van der Waals surface area contributed by atoms with Gasteiger partial charge in [-0.3, -0.25) is 4.98 Å². The molecular formula is C12H13N3O3S. The van der Waals surface area contributed by atoms with E-state index in [9.17, 15) is 8.42 Å². The van der Waals surface area contributed by atoms with Gasteiger partial charge in [-0.2, -0.15) is 0 Å². The molecule has 2 rings (SSSR count). The van der Waals surface area contributed by atoms with E-state index in [0.29, 0.717) is 5.75 Å². The number of hydrogen-bond acceptors (Lipinski definition) is 5. The number of rotatable bonds is 4. The fourth-order valence-corrected chi connectivity index (χ4v) is 2.06. The standard InChI is InChI=1S/C12H13N3O3S/c13-9-5-11(7-12(6-9)19(14,16)17)18-8-10-3-1-2-4-15-10/h1-7H,8,13H2,(H2,14,16,17). The lowest BCUT2D eigenvalue weighted by atomic mass is 10.3. The first kappa shape index (κ1) is 13.3. The number of anilines is 1. The lowest BCUT2D eigenvalue weighted by Crippen LogP contribution is -2.12. The number of nitrogens with two attached hydrogens (primary N) is 2. The van der Waals surface area contributed by atoms with Crippen LogP contribution in [0.3, 0.4) is 0 Å². The summed E-state index contributed by atoms with van der Waals surface area (Å²) in [6, 6.07) is 9.56. The highest BCUT2D eigenvalue weighted by Crippen LogP contribution is 2.22. The maximum atomic E-state index is 11.3. The molecule has 0 radical (unpaired) electrons. The van der Waals surface area contributed by atoms with Gasteiger partial charge < -0.3 is 10.5 Å². The molecule has 0 atom stereocenters. The summed E-state index contributed by atoms with van der Waals surface area (Å²) in [4.78, 5) is 4.01. The molecule has 0 aliphatic carbocycles. The summed E-state index contributed by atoms with van der Waals surface area (Å²) in [5, 5.41) is 5.05. The average Bonchev–Trinajstić information content (AvgIpc) is 2.36. The smallest absolute Gasteiger partial charge is 0.238 e. The van der Waals surface area contributed by atoms with E-state index >= 15 is 0 Å². The summed E-state index contributed by atoms with van der Waals surface area (Å²) < 4.78 is 28.0. The molecule has 1 aromatic carbocycles. The van der Waals surface area contributed by atoms with Crippen LogP contribution in [0.1, 0.15) is 5.69 Å². The molecule has 0 fully saturated rings. The Labute approximate surface area is 111 Å². The van der Waals surface area contributed by atoms with Crippen molar-refractivity contribution in [2.45, 2.75) is 11.5 Å². The highest BCUT2D eigenvalue weighted by atomic mass is 32.2. The summed E-state index contributed by atoms with van der Waals surface area (Å²) in [5.74, 6) is 0.328. The molecule has 1 heterocycles. The third kappa shape index (κ3) is 3.67. The SMILES string of the molecule is Nc1cc(OCc2ccccn2)cc(S(N)(=O)=O)c1. The maximum absolute atomic E-state index is 11.3. The monoisotopic (exact) mass is 279 g/mol. The molecule has 0 amide bonds. The maximum Gasteiger partial charge on any atom is 0.238 e. The highest BCUT2D eigenvalue weighted by molar-refractivity contribution is 7.89. The van der Waals surface area contributed by atoms with Gasteiger partial charge in [-0.25, -0.2) is 13.6 Å². The van der Waals surface area contributed by atoms with E-state index in [4.69, 9.17) is 15.6 Å². The molecule has 6 nitrogen and oxygen atoms in total. The molecule has 0 unspecified atom stereocenters. The Morgan fingerprint density at radius 1 is 1.21 bits per heavy atom. The van der Waals surface area contributed by atoms with Gasteiger partial charge in [0, 0.05) is 24.0 Å².